The van der Waals surface area contributed by atoms with Gasteiger partial charge in [-0.3, -0.25) is 9.59 Å². The second-order valence-corrected chi connectivity index (χ2v) is 5.07. The van der Waals surface area contributed by atoms with Crippen molar-refractivity contribution in [3.8, 4) is 17.6 Å². The molecule has 0 unspecified atom stereocenters. The zero-order chi connectivity index (χ0) is 18.2. The van der Waals surface area contributed by atoms with Crippen molar-refractivity contribution >= 4 is 23.2 Å². The first kappa shape index (κ1) is 17.8. The molecular weight excluding hydrogens is 322 g/mol. The number of methoxy groups -OCH3 is 1. The van der Waals surface area contributed by atoms with Gasteiger partial charge in [0.2, 0.25) is 5.91 Å². The molecule has 0 atom stereocenters. The second kappa shape index (κ2) is 8.36. The predicted octanol–water partition coefficient (Wildman–Crippen LogP) is 2.54. The minimum absolute atomic E-state index is 0.165. The van der Waals surface area contributed by atoms with E-state index in [-0.39, 0.29) is 18.4 Å². The number of nitriles is 1. The smallest absolute Gasteiger partial charge is 0.262 e. The molecule has 128 valence electrons. The Morgan fingerprint density at radius 1 is 1.04 bits per heavy atom. The quantitative estimate of drug-likeness (QED) is 0.842. The molecule has 0 aliphatic rings. The first-order chi connectivity index (χ1) is 12.0. The SMILES string of the molecule is COc1cc(C#N)ccc1OCC(=O)Nc1ccc(NC(C)=O)cc1. The number of carbonyl (C=O) groups is 2. The molecule has 0 bridgehead atoms. The summed E-state index contributed by atoms with van der Waals surface area (Å²) in [6.07, 6.45) is 0. The summed E-state index contributed by atoms with van der Waals surface area (Å²) in [4.78, 5) is 22.9. The molecule has 0 aliphatic heterocycles. The summed E-state index contributed by atoms with van der Waals surface area (Å²) in [5.41, 5.74) is 1.66. The lowest BCUT2D eigenvalue weighted by atomic mass is 10.2. The third kappa shape index (κ3) is 5.25. The molecule has 0 saturated carbocycles. The fourth-order valence-corrected chi connectivity index (χ4v) is 2.04. The topological polar surface area (TPSA) is 100 Å². The largest absolute Gasteiger partial charge is 0.493 e. The molecule has 2 N–H and O–H groups in total. The van der Waals surface area contributed by atoms with Crippen molar-refractivity contribution in [2.75, 3.05) is 24.4 Å². The van der Waals surface area contributed by atoms with Crippen LogP contribution in [0, 0.1) is 11.3 Å². The summed E-state index contributed by atoms with van der Waals surface area (Å²) in [6, 6.07) is 13.4. The highest BCUT2D eigenvalue weighted by Gasteiger charge is 2.09. The van der Waals surface area contributed by atoms with E-state index in [9.17, 15) is 9.59 Å². The molecular formula is C18H17N3O4. The van der Waals surface area contributed by atoms with Crippen LogP contribution in [0.3, 0.4) is 0 Å². The molecule has 0 fully saturated rings. The number of nitrogens with one attached hydrogen (secondary N) is 2. The lowest BCUT2D eigenvalue weighted by Crippen LogP contribution is -2.20. The fourth-order valence-electron chi connectivity index (χ4n) is 2.04. The second-order valence-electron chi connectivity index (χ2n) is 5.07. The summed E-state index contributed by atoms with van der Waals surface area (Å²) in [6.45, 7) is 1.21. The van der Waals surface area contributed by atoms with Gasteiger partial charge in [-0.25, -0.2) is 0 Å². The molecule has 2 aromatic rings. The maximum atomic E-state index is 12.0. The van der Waals surface area contributed by atoms with E-state index in [4.69, 9.17) is 14.7 Å². The Hall–Kier alpha value is -3.53. The molecule has 2 amide bonds. The van der Waals surface area contributed by atoms with Crippen LogP contribution in [0.15, 0.2) is 42.5 Å². The van der Waals surface area contributed by atoms with E-state index in [0.717, 1.165) is 0 Å². The van der Waals surface area contributed by atoms with Gasteiger partial charge in [-0.2, -0.15) is 5.26 Å². The standard InChI is InChI=1S/C18H17N3O4/c1-12(22)20-14-4-6-15(7-5-14)21-18(23)11-25-16-8-3-13(10-19)9-17(16)24-2/h3-9H,11H2,1-2H3,(H,20,22)(H,21,23). The molecule has 2 rings (SSSR count). The van der Waals surface area contributed by atoms with E-state index in [1.807, 2.05) is 6.07 Å². The number of ether oxygens (including phenoxy) is 2. The number of anilines is 2. The average Bonchev–Trinajstić information content (AvgIpc) is 2.61. The van der Waals surface area contributed by atoms with Gasteiger partial charge in [0.05, 0.1) is 18.7 Å². The number of hydrogen-bond acceptors (Lipinski definition) is 5. The van der Waals surface area contributed by atoms with Crippen molar-refractivity contribution in [3.63, 3.8) is 0 Å². The summed E-state index contributed by atoms with van der Waals surface area (Å²) in [5, 5.41) is 14.2. The Kier molecular flexibility index (Phi) is 5.96. The van der Waals surface area contributed by atoms with Crippen molar-refractivity contribution in [2.45, 2.75) is 6.92 Å². The van der Waals surface area contributed by atoms with Crippen LogP contribution in [0.25, 0.3) is 0 Å². The third-order valence-corrected chi connectivity index (χ3v) is 3.14. The minimum atomic E-state index is -0.348. The molecule has 0 radical (unpaired) electrons. The maximum absolute atomic E-state index is 12.0. The van der Waals surface area contributed by atoms with E-state index in [1.54, 1.807) is 36.4 Å². The number of benzene rings is 2. The van der Waals surface area contributed by atoms with Crippen LogP contribution >= 0.6 is 0 Å². The Labute approximate surface area is 145 Å². The third-order valence-electron chi connectivity index (χ3n) is 3.14. The monoisotopic (exact) mass is 339 g/mol. The lowest BCUT2D eigenvalue weighted by Gasteiger charge is -2.11. The van der Waals surface area contributed by atoms with Crippen LogP contribution in [0.5, 0.6) is 11.5 Å². The summed E-state index contributed by atoms with van der Waals surface area (Å²) < 4.78 is 10.6. The maximum Gasteiger partial charge on any atom is 0.262 e. The van der Waals surface area contributed by atoms with Crippen molar-refractivity contribution < 1.29 is 19.1 Å². The Morgan fingerprint density at radius 2 is 1.68 bits per heavy atom. The molecule has 2 aromatic carbocycles. The van der Waals surface area contributed by atoms with Crippen LogP contribution in [0.1, 0.15) is 12.5 Å². The number of carbonyl (C=O) groups excluding carboxylic acids is 2. The zero-order valence-electron chi connectivity index (χ0n) is 13.8. The van der Waals surface area contributed by atoms with Crippen molar-refractivity contribution in [2.24, 2.45) is 0 Å². The van der Waals surface area contributed by atoms with E-state index in [1.165, 1.54) is 20.1 Å². The van der Waals surface area contributed by atoms with Crippen LogP contribution in [0.2, 0.25) is 0 Å². The number of rotatable bonds is 6. The van der Waals surface area contributed by atoms with E-state index >= 15 is 0 Å². The number of amides is 2. The molecule has 7 heteroatoms. The minimum Gasteiger partial charge on any atom is -0.493 e. The molecule has 7 nitrogen and oxygen atoms in total. The van der Waals surface area contributed by atoms with Gasteiger partial charge in [-0.1, -0.05) is 0 Å². The van der Waals surface area contributed by atoms with E-state index in [2.05, 4.69) is 10.6 Å². The molecule has 0 aromatic heterocycles. The average molecular weight is 339 g/mol. The molecule has 0 aliphatic carbocycles. The fraction of sp³-hybridized carbons (Fsp3) is 0.167. The Bertz CT molecular complexity index is 810. The molecule has 25 heavy (non-hydrogen) atoms. The first-order valence-electron chi connectivity index (χ1n) is 7.40. The van der Waals surface area contributed by atoms with Crippen molar-refractivity contribution in [1.82, 2.24) is 0 Å². The highest BCUT2D eigenvalue weighted by Crippen LogP contribution is 2.27. The van der Waals surface area contributed by atoms with Crippen LogP contribution in [-0.2, 0) is 9.59 Å². The van der Waals surface area contributed by atoms with Crippen molar-refractivity contribution in [3.05, 3.63) is 48.0 Å². The predicted molar refractivity (Wildman–Crippen MR) is 92.6 cm³/mol. The molecule has 0 heterocycles. The van der Waals surface area contributed by atoms with E-state index in [0.29, 0.717) is 28.4 Å². The highest BCUT2D eigenvalue weighted by molar-refractivity contribution is 5.93. The highest BCUT2D eigenvalue weighted by atomic mass is 16.5. The van der Waals surface area contributed by atoms with Gasteiger partial charge in [-0.05, 0) is 36.4 Å². The summed E-state index contributed by atoms with van der Waals surface area (Å²) >= 11 is 0. The van der Waals surface area contributed by atoms with Gasteiger partial charge in [0, 0.05) is 24.4 Å². The van der Waals surface area contributed by atoms with Crippen LogP contribution < -0.4 is 20.1 Å². The van der Waals surface area contributed by atoms with Crippen LogP contribution in [-0.4, -0.2) is 25.5 Å². The molecule has 0 saturated heterocycles. The normalized spacial score (nSPS) is 9.64. The van der Waals surface area contributed by atoms with Gasteiger partial charge < -0.3 is 20.1 Å². The Balaban J connectivity index is 1.92. The lowest BCUT2D eigenvalue weighted by molar-refractivity contribution is -0.118. The van der Waals surface area contributed by atoms with Gasteiger partial charge in [0.25, 0.3) is 5.91 Å². The molecule has 0 spiro atoms. The summed E-state index contributed by atoms with van der Waals surface area (Å²) in [7, 11) is 1.46. The van der Waals surface area contributed by atoms with Crippen LogP contribution in [0.4, 0.5) is 11.4 Å². The zero-order valence-corrected chi connectivity index (χ0v) is 13.8. The van der Waals surface area contributed by atoms with Gasteiger partial charge >= 0.3 is 0 Å². The Morgan fingerprint density at radius 3 is 2.24 bits per heavy atom. The number of nitrogens with zero attached hydrogens (tertiary/aromatic N) is 1. The van der Waals surface area contributed by atoms with Gasteiger partial charge in [-0.15, -0.1) is 0 Å². The van der Waals surface area contributed by atoms with Gasteiger partial charge in [0.15, 0.2) is 18.1 Å². The van der Waals surface area contributed by atoms with E-state index < -0.39 is 0 Å². The van der Waals surface area contributed by atoms with Crippen molar-refractivity contribution in [1.29, 1.82) is 5.26 Å². The van der Waals surface area contributed by atoms with Gasteiger partial charge in [0.1, 0.15) is 0 Å². The summed E-state index contributed by atoms with van der Waals surface area (Å²) in [5.74, 6) is 0.240. The number of hydrogen-bond donors (Lipinski definition) is 2. The first-order valence-corrected chi connectivity index (χ1v) is 7.40.